The number of aryl methyl sites for hydroxylation is 1. The molecule has 0 saturated heterocycles. The number of hydrogen-bond acceptors (Lipinski definition) is 5. The predicted molar refractivity (Wildman–Crippen MR) is 110 cm³/mol. The zero-order chi connectivity index (χ0) is 19.9. The van der Waals surface area contributed by atoms with E-state index >= 15 is 0 Å². The number of hydrogen-bond donors (Lipinski definition) is 0. The topological polar surface area (TPSA) is 57.1 Å². The zero-order valence-electron chi connectivity index (χ0n) is 15.7. The highest BCUT2D eigenvalue weighted by Gasteiger charge is 2.25. The molecule has 0 radical (unpaired) electrons. The van der Waals surface area contributed by atoms with E-state index in [1.165, 1.54) is 0 Å². The summed E-state index contributed by atoms with van der Waals surface area (Å²) in [6.07, 6.45) is 4.96. The first-order valence-corrected chi connectivity index (χ1v) is 8.82. The maximum Gasteiger partial charge on any atom is 0.363 e. The normalized spacial score (nSPS) is 14.4. The highest BCUT2D eigenvalue weighted by atomic mass is 16.6. The van der Waals surface area contributed by atoms with Crippen LogP contribution in [-0.2, 0) is 9.53 Å². The van der Waals surface area contributed by atoms with Crippen molar-refractivity contribution >= 4 is 17.9 Å². The number of cyclic esters (lactones) is 1. The van der Waals surface area contributed by atoms with Gasteiger partial charge >= 0.3 is 5.97 Å². The van der Waals surface area contributed by atoms with E-state index < -0.39 is 5.97 Å². The minimum absolute atomic E-state index is 0.229. The molecule has 2 aromatic rings. The Morgan fingerprint density at radius 3 is 2.46 bits per heavy atom. The van der Waals surface area contributed by atoms with E-state index in [0.717, 1.165) is 16.7 Å². The van der Waals surface area contributed by atoms with Crippen LogP contribution in [0.2, 0.25) is 0 Å². The van der Waals surface area contributed by atoms with Gasteiger partial charge in [0.2, 0.25) is 5.90 Å². The fourth-order valence-electron chi connectivity index (χ4n) is 2.64. The molecule has 5 heteroatoms. The Labute approximate surface area is 164 Å². The molecule has 0 aliphatic carbocycles. The summed E-state index contributed by atoms with van der Waals surface area (Å²) in [4.78, 5) is 16.6. The maximum atomic E-state index is 12.3. The number of nitrogens with zero attached hydrogens (tertiary/aromatic N) is 1. The lowest BCUT2D eigenvalue weighted by molar-refractivity contribution is -0.129. The van der Waals surface area contributed by atoms with E-state index in [2.05, 4.69) is 18.2 Å². The summed E-state index contributed by atoms with van der Waals surface area (Å²) in [5.41, 5.74) is 2.75. The van der Waals surface area contributed by atoms with Crippen molar-refractivity contribution in [2.45, 2.75) is 6.92 Å². The van der Waals surface area contributed by atoms with Crippen molar-refractivity contribution in [3.63, 3.8) is 0 Å². The Morgan fingerprint density at radius 2 is 1.75 bits per heavy atom. The number of benzene rings is 2. The van der Waals surface area contributed by atoms with E-state index in [9.17, 15) is 4.79 Å². The quantitative estimate of drug-likeness (QED) is 0.388. The molecule has 0 unspecified atom stereocenters. The molecule has 0 fully saturated rings. The Morgan fingerprint density at radius 1 is 1.04 bits per heavy atom. The maximum absolute atomic E-state index is 12.3. The Hall–Kier alpha value is -3.60. The van der Waals surface area contributed by atoms with Crippen LogP contribution in [0.5, 0.6) is 11.5 Å². The molecule has 0 spiro atoms. The zero-order valence-corrected chi connectivity index (χ0v) is 15.7. The Kier molecular flexibility index (Phi) is 6.07. The number of ether oxygens (including phenoxy) is 3. The molecule has 0 bridgehead atoms. The molecule has 0 saturated carbocycles. The van der Waals surface area contributed by atoms with Crippen LogP contribution in [-0.4, -0.2) is 25.1 Å². The van der Waals surface area contributed by atoms with E-state index in [4.69, 9.17) is 14.2 Å². The van der Waals surface area contributed by atoms with E-state index in [-0.39, 0.29) is 5.70 Å². The third-order valence-electron chi connectivity index (χ3n) is 3.98. The molecule has 0 aromatic heterocycles. The highest BCUT2D eigenvalue weighted by Crippen LogP contribution is 2.30. The van der Waals surface area contributed by atoms with Crippen LogP contribution in [0.4, 0.5) is 0 Å². The van der Waals surface area contributed by atoms with Crippen LogP contribution in [0.15, 0.2) is 78.5 Å². The fraction of sp³-hybridized carbons (Fsp3) is 0.130. The molecule has 1 heterocycles. The van der Waals surface area contributed by atoms with Crippen molar-refractivity contribution < 1.29 is 19.0 Å². The van der Waals surface area contributed by atoms with Gasteiger partial charge in [-0.2, -0.15) is 0 Å². The van der Waals surface area contributed by atoms with Crippen molar-refractivity contribution in [1.29, 1.82) is 0 Å². The molecule has 28 heavy (non-hydrogen) atoms. The van der Waals surface area contributed by atoms with Crippen molar-refractivity contribution in [3.8, 4) is 11.5 Å². The SMILES string of the molecule is C=CCOc1ccc(/C=C2/N=C(c3ccccc3C)OC2=O)cc1OCC=C. The average Bonchev–Trinajstić information content (AvgIpc) is 3.06. The van der Waals surface area contributed by atoms with Gasteiger partial charge in [-0.15, -0.1) is 0 Å². The van der Waals surface area contributed by atoms with Crippen LogP contribution >= 0.6 is 0 Å². The second kappa shape index (κ2) is 8.86. The van der Waals surface area contributed by atoms with Gasteiger partial charge in [0.25, 0.3) is 0 Å². The minimum Gasteiger partial charge on any atom is -0.486 e. The fourth-order valence-corrected chi connectivity index (χ4v) is 2.64. The molecule has 5 nitrogen and oxygen atoms in total. The lowest BCUT2D eigenvalue weighted by Gasteiger charge is -2.11. The van der Waals surface area contributed by atoms with Gasteiger partial charge in [-0.1, -0.05) is 49.6 Å². The number of rotatable bonds is 8. The molecule has 1 aliphatic rings. The van der Waals surface area contributed by atoms with Crippen molar-refractivity contribution in [1.82, 2.24) is 0 Å². The smallest absolute Gasteiger partial charge is 0.363 e. The molecule has 0 amide bonds. The number of carbonyl (C=O) groups is 1. The van der Waals surface area contributed by atoms with Crippen LogP contribution in [0.25, 0.3) is 6.08 Å². The molecule has 1 aliphatic heterocycles. The Balaban J connectivity index is 1.91. The van der Waals surface area contributed by atoms with Crippen LogP contribution in [0, 0.1) is 6.92 Å². The monoisotopic (exact) mass is 375 g/mol. The summed E-state index contributed by atoms with van der Waals surface area (Å²) < 4.78 is 16.6. The van der Waals surface area contributed by atoms with Gasteiger partial charge in [-0.05, 0) is 42.3 Å². The third kappa shape index (κ3) is 4.38. The number of aliphatic imine (C=N–C) groups is 1. The average molecular weight is 375 g/mol. The number of esters is 1. The second-order valence-electron chi connectivity index (χ2n) is 6.06. The first-order chi connectivity index (χ1) is 13.6. The van der Waals surface area contributed by atoms with Crippen molar-refractivity contribution in [3.05, 3.63) is 90.2 Å². The van der Waals surface area contributed by atoms with Crippen LogP contribution < -0.4 is 9.47 Å². The molecular weight excluding hydrogens is 354 g/mol. The second-order valence-corrected chi connectivity index (χ2v) is 6.06. The van der Waals surface area contributed by atoms with Gasteiger partial charge in [-0.3, -0.25) is 0 Å². The summed E-state index contributed by atoms with van der Waals surface area (Å²) in [7, 11) is 0. The van der Waals surface area contributed by atoms with Crippen molar-refractivity contribution in [2.24, 2.45) is 4.99 Å². The van der Waals surface area contributed by atoms with Gasteiger partial charge in [0.1, 0.15) is 13.2 Å². The van der Waals surface area contributed by atoms with E-state index in [1.54, 1.807) is 30.4 Å². The van der Waals surface area contributed by atoms with Gasteiger partial charge in [-0.25, -0.2) is 9.79 Å². The van der Waals surface area contributed by atoms with Gasteiger partial charge in [0.05, 0.1) is 0 Å². The standard InChI is InChI=1S/C23H21NO4/c1-4-12-26-20-11-10-17(15-21(20)27-13-5-2)14-19-23(25)28-22(24-19)18-9-7-6-8-16(18)3/h4-11,14-15H,1-2,12-13H2,3H3/b19-14+. The predicted octanol–water partition coefficient (Wildman–Crippen LogP) is 4.47. The first kappa shape index (κ1) is 19.2. The van der Waals surface area contributed by atoms with E-state index in [0.29, 0.717) is 30.6 Å². The summed E-state index contributed by atoms with van der Waals surface area (Å²) >= 11 is 0. The molecule has 142 valence electrons. The lowest BCUT2D eigenvalue weighted by Crippen LogP contribution is -2.06. The number of carbonyl (C=O) groups excluding carboxylic acids is 1. The lowest BCUT2D eigenvalue weighted by atomic mass is 10.1. The third-order valence-corrected chi connectivity index (χ3v) is 3.98. The summed E-state index contributed by atoms with van der Waals surface area (Å²) in [5.74, 6) is 0.954. The highest BCUT2D eigenvalue weighted by molar-refractivity contribution is 6.13. The van der Waals surface area contributed by atoms with Gasteiger partial charge in [0, 0.05) is 5.56 Å². The molecule has 0 N–H and O–H groups in total. The van der Waals surface area contributed by atoms with Crippen molar-refractivity contribution in [2.75, 3.05) is 13.2 Å². The van der Waals surface area contributed by atoms with Crippen LogP contribution in [0.3, 0.4) is 0 Å². The molecular formula is C23H21NO4. The minimum atomic E-state index is -0.487. The van der Waals surface area contributed by atoms with E-state index in [1.807, 2.05) is 37.3 Å². The van der Waals surface area contributed by atoms with Gasteiger partial charge in [0.15, 0.2) is 17.2 Å². The molecule has 2 aromatic carbocycles. The molecule has 3 rings (SSSR count). The summed E-state index contributed by atoms with van der Waals surface area (Å²) in [6, 6.07) is 13.0. The first-order valence-electron chi connectivity index (χ1n) is 8.82. The Bertz CT molecular complexity index is 972. The molecule has 0 atom stereocenters. The summed E-state index contributed by atoms with van der Waals surface area (Å²) in [5, 5.41) is 0. The largest absolute Gasteiger partial charge is 0.486 e. The van der Waals surface area contributed by atoms with Crippen LogP contribution in [0.1, 0.15) is 16.7 Å². The van der Waals surface area contributed by atoms with Gasteiger partial charge < -0.3 is 14.2 Å². The summed E-state index contributed by atoms with van der Waals surface area (Å²) in [6.45, 7) is 9.94.